The second-order valence-electron chi connectivity index (χ2n) is 6.44. The summed E-state index contributed by atoms with van der Waals surface area (Å²) in [7, 11) is -3.69. The standard InChI is InChI=1S/C18H21N3O3S/c1-13(2)18(22)21-9-7-14-5-6-17(10-15(14)12-21)25(23,24)20-16-4-3-8-19-11-16/h3-6,8,10-11,13,20H,7,9,12H2,1-2H3. The lowest BCUT2D eigenvalue weighted by atomic mass is 9.99. The first-order valence-electron chi connectivity index (χ1n) is 8.20. The summed E-state index contributed by atoms with van der Waals surface area (Å²) >= 11 is 0. The van der Waals surface area contributed by atoms with Crippen molar-refractivity contribution in [1.29, 1.82) is 0 Å². The largest absolute Gasteiger partial charge is 0.338 e. The molecule has 0 spiro atoms. The third-order valence-corrected chi connectivity index (χ3v) is 5.60. The Morgan fingerprint density at radius 1 is 1.24 bits per heavy atom. The zero-order valence-electron chi connectivity index (χ0n) is 14.3. The fourth-order valence-electron chi connectivity index (χ4n) is 2.89. The number of amides is 1. The molecule has 0 aliphatic carbocycles. The van der Waals surface area contributed by atoms with Crippen molar-refractivity contribution in [2.75, 3.05) is 11.3 Å². The Bertz CT molecular complexity index is 880. The highest BCUT2D eigenvalue weighted by Crippen LogP contribution is 2.24. The van der Waals surface area contributed by atoms with Gasteiger partial charge in [-0.1, -0.05) is 19.9 Å². The second-order valence-corrected chi connectivity index (χ2v) is 8.12. The number of nitrogens with zero attached hydrogens (tertiary/aromatic N) is 2. The number of anilines is 1. The van der Waals surface area contributed by atoms with Crippen LogP contribution in [0.25, 0.3) is 0 Å². The Hall–Kier alpha value is -2.41. The summed E-state index contributed by atoms with van der Waals surface area (Å²) in [4.78, 5) is 18.1. The molecule has 1 aliphatic heterocycles. The van der Waals surface area contributed by atoms with Crippen LogP contribution >= 0.6 is 0 Å². The van der Waals surface area contributed by atoms with Crippen molar-refractivity contribution in [2.24, 2.45) is 5.92 Å². The Kier molecular flexibility index (Phi) is 4.76. The van der Waals surface area contributed by atoms with Gasteiger partial charge in [-0.05, 0) is 41.8 Å². The number of fused-ring (bicyclic) bond motifs is 1. The number of sulfonamides is 1. The zero-order valence-corrected chi connectivity index (χ0v) is 15.1. The average molecular weight is 359 g/mol. The average Bonchev–Trinajstić information content (AvgIpc) is 2.60. The van der Waals surface area contributed by atoms with Crippen LogP contribution < -0.4 is 4.72 Å². The van der Waals surface area contributed by atoms with Gasteiger partial charge in [0.2, 0.25) is 5.91 Å². The lowest BCUT2D eigenvalue weighted by Crippen LogP contribution is -2.38. The van der Waals surface area contributed by atoms with Crippen LogP contribution in [0.15, 0.2) is 47.6 Å². The van der Waals surface area contributed by atoms with Gasteiger partial charge in [-0.15, -0.1) is 0 Å². The molecule has 0 atom stereocenters. The van der Waals surface area contributed by atoms with E-state index in [4.69, 9.17) is 0 Å². The molecular weight excluding hydrogens is 338 g/mol. The maximum absolute atomic E-state index is 12.6. The fourth-order valence-corrected chi connectivity index (χ4v) is 3.98. The Morgan fingerprint density at radius 2 is 2.04 bits per heavy atom. The van der Waals surface area contributed by atoms with Gasteiger partial charge in [-0.2, -0.15) is 0 Å². The third kappa shape index (κ3) is 3.82. The van der Waals surface area contributed by atoms with E-state index in [9.17, 15) is 13.2 Å². The van der Waals surface area contributed by atoms with E-state index in [1.165, 1.54) is 6.20 Å². The van der Waals surface area contributed by atoms with Crippen LogP contribution in [0.3, 0.4) is 0 Å². The van der Waals surface area contributed by atoms with Crippen molar-refractivity contribution in [2.45, 2.75) is 31.7 Å². The van der Waals surface area contributed by atoms with E-state index in [0.29, 0.717) is 18.8 Å². The molecule has 1 aromatic carbocycles. The zero-order chi connectivity index (χ0) is 18.0. The van der Waals surface area contributed by atoms with Crippen LogP contribution in [0.1, 0.15) is 25.0 Å². The van der Waals surface area contributed by atoms with Crippen molar-refractivity contribution in [3.05, 3.63) is 53.9 Å². The number of aromatic nitrogens is 1. The quantitative estimate of drug-likeness (QED) is 0.909. The molecule has 6 nitrogen and oxygen atoms in total. The van der Waals surface area contributed by atoms with E-state index in [-0.39, 0.29) is 16.7 Å². The molecule has 1 amide bonds. The van der Waals surface area contributed by atoms with Gasteiger partial charge >= 0.3 is 0 Å². The number of benzene rings is 1. The topological polar surface area (TPSA) is 79.4 Å². The highest BCUT2D eigenvalue weighted by Gasteiger charge is 2.24. The number of pyridine rings is 1. The molecule has 0 fully saturated rings. The monoisotopic (exact) mass is 359 g/mol. The number of hydrogen-bond donors (Lipinski definition) is 1. The minimum atomic E-state index is -3.69. The molecule has 25 heavy (non-hydrogen) atoms. The van der Waals surface area contributed by atoms with Crippen LogP contribution in [-0.4, -0.2) is 30.8 Å². The van der Waals surface area contributed by atoms with Gasteiger partial charge in [-0.25, -0.2) is 8.42 Å². The lowest BCUT2D eigenvalue weighted by molar-refractivity contribution is -0.135. The van der Waals surface area contributed by atoms with Crippen LogP contribution in [-0.2, 0) is 27.8 Å². The highest BCUT2D eigenvalue weighted by atomic mass is 32.2. The van der Waals surface area contributed by atoms with Gasteiger partial charge in [0.15, 0.2) is 0 Å². The maximum atomic E-state index is 12.6. The van der Waals surface area contributed by atoms with Crippen LogP contribution in [0, 0.1) is 5.92 Å². The number of hydrogen-bond acceptors (Lipinski definition) is 4. The van der Waals surface area contributed by atoms with Gasteiger partial charge in [0, 0.05) is 25.2 Å². The first kappa shape index (κ1) is 17.4. The van der Waals surface area contributed by atoms with Gasteiger partial charge < -0.3 is 4.90 Å². The molecular formula is C18H21N3O3S. The van der Waals surface area contributed by atoms with E-state index in [0.717, 1.165) is 17.5 Å². The molecule has 0 unspecified atom stereocenters. The number of carbonyl (C=O) groups is 1. The molecule has 0 saturated carbocycles. The second kappa shape index (κ2) is 6.84. The predicted molar refractivity (Wildman–Crippen MR) is 95.4 cm³/mol. The first-order valence-corrected chi connectivity index (χ1v) is 9.68. The Morgan fingerprint density at radius 3 is 2.72 bits per heavy atom. The van der Waals surface area contributed by atoms with E-state index in [1.54, 1.807) is 35.4 Å². The van der Waals surface area contributed by atoms with Gasteiger partial charge in [0.1, 0.15) is 0 Å². The minimum Gasteiger partial charge on any atom is -0.338 e. The number of carbonyl (C=O) groups excluding carboxylic acids is 1. The lowest BCUT2D eigenvalue weighted by Gasteiger charge is -2.30. The molecule has 1 aliphatic rings. The summed E-state index contributed by atoms with van der Waals surface area (Å²) < 4.78 is 27.7. The number of rotatable bonds is 4. The van der Waals surface area contributed by atoms with E-state index in [2.05, 4.69) is 9.71 Å². The smallest absolute Gasteiger partial charge is 0.261 e. The van der Waals surface area contributed by atoms with Gasteiger partial charge in [0.25, 0.3) is 10.0 Å². The molecule has 0 saturated heterocycles. The maximum Gasteiger partial charge on any atom is 0.261 e. The van der Waals surface area contributed by atoms with Gasteiger partial charge in [0.05, 0.1) is 16.8 Å². The fraction of sp³-hybridized carbons (Fsp3) is 0.333. The summed E-state index contributed by atoms with van der Waals surface area (Å²) in [5, 5.41) is 0. The minimum absolute atomic E-state index is 0.0688. The predicted octanol–water partition coefficient (Wildman–Crippen LogP) is 2.42. The summed E-state index contributed by atoms with van der Waals surface area (Å²) in [6.45, 7) is 4.86. The molecule has 2 aromatic rings. The summed E-state index contributed by atoms with van der Waals surface area (Å²) in [5.74, 6) is 0.0214. The molecule has 0 bridgehead atoms. The number of nitrogens with one attached hydrogen (secondary N) is 1. The Balaban J connectivity index is 1.86. The normalized spacial score (nSPS) is 14.3. The summed E-state index contributed by atoms with van der Waals surface area (Å²) in [6, 6.07) is 8.42. The van der Waals surface area contributed by atoms with E-state index >= 15 is 0 Å². The van der Waals surface area contributed by atoms with Crippen LogP contribution in [0.2, 0.25) is 0 Å². The summed E-state index contributed by atoms with van der Waals surface area (Å²) in [6.07, 6.45) is 3.78. The van der Waals surface area contributed by atoms with Crippen molar-refractivity contribution in [1.82, 2.24) is 9.88 Å². The van der Waals surface area contributed by atoms with Gasteiger partial charge in [-0.3, -0.25) is 14.5 Å². The first-order chi connectivity index (χ1) is 11.9. The molecule has 1 aromatic heterocycles. The van der Waals surface area contributed by atoms with E-state index < -0.39 is 10.0 Å². The van der Waals surface area contributed by atoms with Crippen LogP contribution in [0.5, 0.6) is 0 Å². The van der Waals surface area contributed by atoms with Crippen molar-refractivity contribution in [3.8, 4) is 0 Å². The van der Waals surface area contributed by atoms with Crippen molar-refractivity contribution in [3.63, 3.8) is 0 Å². The Labute approximate surface area is 147 Å². The molecule has 7 heteroatoms. The third-order valence-electron chi connectivity index (χ3n) is 4.22. The molecule has 3 rings (SSSR count). The highest BCUT2D eigenvalue weighted by molar-refractivity contribution is 7.92. The molecule has 1 N–H and O–H groups in total. The molecule has 2 heterocycles. The molecule has 132 valence electrons. The summed E-state index contributed by atoms with van der Waals surface area (Å²) in [5.41, 5.74) is 2.39. The van der Waals surface area contributed by atoms with Crippen LogP contribution in [0.4, 0.5) is 5.69 Å². The molecule has 0 radical (unpaired) electrons. The van der Waals surface area contributed by atoms with Crippen molar-refractivity contribution >= 4 is 21.6 Å². The van der Waals surface area contributed by atoms with Crippen molar-refractivity contribution < 1.29 is 13.2 Å². The van der Waals surface area contributed by atoms with E-state index in [1.807, 2.05) is 19.9 Å². The SMILES string of the molecule is CC(C)C(=O)N1CCc2ccc(S(=O)(=O)Nc3cccnc3)cc2C1.